The zero-order valence-electron chi connectivity index (χ0n) is 19.3. The maximum absolute atomic E-state index is 13.3. The fourth-order valence-electron chi connectivity index (χ4n) is 3.27. The summed E-state index contributed by atoms with van der Waals surface area (Å²) in [6.07, 6.45) is 1.87. The molecule has 3 rings (SSSR count). The highest BCUT2D eigenvalue weighted by Gasteiger charge is 2.21. The zero-order chi connectivity index (χ0) is 24.8. The Labute approximate surface area is 210 Å². The lowest BCUT2D eigenvalue weighted by atomic mass is 10.2. The Morgan fingerprint density at radius 3 is 2.74 bits per heavy atom. The Kier molecular flexibility index (Phi) is 8.68. The van der Waals surface area contributed by atoms with Gasteiger partial charge >= 0.3 is 5.97 Å². The summed E-state index contributed by atoms with van der Waals surface area (Å²) >= 11 is 9.66. The Morgan fingerprint density at radius 1 is 1.29 bits per heavy atom. The number of nitrogens with zero attached hydrogens (tertiary/aromatic N) is 3. The Hall–Kier alpha value is -2.91. The van der Waals surface area contributed by atoms with E-state index >= 15 is 0 Å². The third kappa shape index (κ3) is 5.77. The number of benzene rings is 2. The summed E-state index contributed by atoms with van der Waals surface area (Å²) in [4.78, 5) is 30.0. The highest BCUT2D eigenvalue weighted by Crippen LogP contribution is 2.35. The van der Waals surface area contributed by atoms with E-state index in [1.54, 1.807) is 38.1 Å². The number of aromatic nitrogens is 2. The molecule has 0 fully saturated rings. The second kappa shape index (κ2) is 11.5. The first-order valence-electron chi connectivity index (χ1n) is 10.7. The van der Waals surface area contributed by atoms with Crippen molar-refractivity contribution in [1.82, 2.24) is 9.66 Å². The van der Waals surface area contributed by atoms with Gasteiger partial charge in [-0.25, -0.2) is 9.78 Å². The zero-order valence-corrected chi connectivity index (χ0v) is 21.6. The number of ether oxygens (including phenoxy) is 3. The van der Waals surface area contributed by atoms with E-state index in [9.17, 15) is 9.59 Å². The standard InChI is InChI=1S/C24H25BrClN3O5/c1-5-7-21-28-19-9-8-16(25)11-18(19)23(30)29(21)27-13-15-10-17(26)12-20(32-4)22(15)34-14(3)24(31)33-6-2/h8-14H,5-7H2,1-4H3/t14-/m1/s1. The molecule has 1 atom stereocenters. The predicted octanol–water partition coefficient (Wildman–Crippen LogP) is 4.99. The van der Waals surface area contributed by atoms with Gasteiger partial charge in [0.15, 0.2) is 17.6 Å². The number of methoxy groups -OCH3 is 1. The molecule has 0 bridgehead atoms. The molecule has 0 spiro atoms. The van der Waals surface area contributed by atoms with E-state index in [4.69, 9.17) is 25.8 Å². The Morgan fingerprint density at radius 2 is 2.06 bits per heavy atom. The summed E-state index contributed by atoms with van der Waals surface area (Å²) in [5, 5.41) is 5.24. The van der Waals surface area contributed by atoms with Crippen molar-refractivity contribution < 1.29 is 19.0 Å². The summed E-state index contributed by atoms with van der Waals surface area (Å²) in [6, 6.07) is 8.51. The molecular weight excluding hydrogens is 526 g/mol. The lowest BCUT2D eigenvalue weighted by molar-refractivity contribution is -0.150. The van der Waals surface area contributed by atoms with Crippen molar-refractivity contribution in [2.45, 2.75) is 39.7 Å². The molecule has 1 aromatic heterocycles. The minimum absolute atomic E-state index is 0.229. The van der Waals surface area contributed by atoms with Crippen molar-refractivity contribution in [1.29, 1.82) is 0 Å². The average Bonchev–Trinajstić information content (AvgIpc) is 2.80. The third-order valence-corrected chi connectivity index (χ3v) is 5.55. The Balaban J connectivity index is 2.12. The van der Waals surface area contributed by atoms with Crippen molar-refractivity contribution >= 4 is 50.6 Å². The monoisotopic (exact) mass is 549 g/mol. The molecule has 3 aromatic rings. The minimum Gasteiger partial charge on any atom is -0.493 e. The van der Waals surface area contributed by atoms with E-state index in [-0.39, 0.29) is 17.9 Å². The van der Waals surface area contributed by atoms with Crippen molar-refractivity contribution in [2.24, 2.45) is 5.10 Å². The predicted molar refractivity (Wildman–Crippen MR) is 135 cm³/mol. The molecule has 0 saturated carbocycles. The second-order valence-electron chi connectivity index (χ2n) is 7.34. The fraction of sp³-hybridized carbons (Fsp3) is 0.333. The van der Waals surface area contributed by atoms with Gasteiger partial charge in [0.1, 0.15) is 5.82 Å². The van der Waals surface area contributed by atoms with Gasteiger partial charge in [-0.3, -0.25) is 4.79 Å². The molecule has 0 amide bonds. The van der Waals surface area contributed by atoms with Crippen LogP contribution in [0.2, 0.25) is 5.02 Å². The smallest absolute Gasteiger partial charge is 0.347 e. The van der Waals surface area contributed by atoms with Crippen LogP contribution in [0, 0.1) is 0 Å². The average molecular weight is 551 g/mol. The summed E-state index contributed by atoms with van der Waals surface area (Å²) < 4.78 is 18.3. The molecule has 180 valence electrons. The van der Waals surface area contributed by atoms with Gasteiger partial charge in [0.25, 0.3) is 5.56 Å². The van der Waals surface area contributed by atoms with Crippen LogP contribution in [-0.2, 0) is 16.0 Å². The summed E-state index contributed by atoms with van der Waals surface area (Å²) in [6.45, 7) is 5.51. The number of esters is 1. The molecule has 8 nitrogen and oxygen atoms in total. The van der Waals surface area contributed by atoms with E-state index < -0.39 is 12.1 Å². The van der Waals surface area contributed by atoms with Gasteiger partial charge in [0.2, 0.25) is 0 Å². The normalized spacial score (nSPS) is 12.2. The molecule has 10 heteroatoms. The summed E-state index contributed by atoms with van der Waals surface area (Å²) in [5.74, 6) is 0.563. The second-order valence-corrected chi connectivity index (χ2v) is 8.69. The lowest BCUT2D eigenvalue weighted by Gasteiger charge is -2.18. The van der Waals surface area contributed by atoms with Crippen molar-refractivity contribution in [3.63, 3.8) is 0 Å². The van der Waals surface area contributed by atoms with Crippen LogP contribution in [0.15, 0.2) is 44.7 Å². The van der Waals surface area contributed by atoms with E-state index in [1.165, 1.54) is 18.0 Å². The number of carbonyl (C=O) groups is 1. The van der Waals surface area contributed by atoms with Crippen LogP contribution in [0.25, 0.3) is 10.9 Å². The topological polar surface area (TPSA) is 92.0 Å². The van der Waals surface area contributed by atoms with Crippen molar-refractivity contribution in [2.75, 3.05) is 13.7 Å². The first kappa shape index (κ1) is 25.7. The largest absolute Gasteiger partial charge is 0.493 e. The molecule has 0 saturated heterocycles. The van der Waals surface area contributed by atoms with Gasteiger partial charge in [0.05, 0.1) is 30.8 Å². The molecule has 0 aliphatic rings. The van der Waals surface area contributed by atoms with Gasteiger partial charge in [0, 0.05) is 27.5 Å². The number of rotatable bonds is 9. The van der Waals surface area contributed by atoms with E-state index in [0.717, 1.165) is 10.9 Å². The van der Waals surface area contributed by atoms with E-state index in [0.29, 0.717) is 39.5 Å². The van der Waals surface area contributed by atoms with Gasteiger partial charge < -0.3 is 14.2 Å². The van der Waals surface area contributed by atoms with Crippen molar-refractivity contribution in [3.05, 3.63) is 61.6 Å². The quantitative estimate of drug-likeness (QED) is 0.275. The summed E-state index contributed by atoms with van der Waals surface area (Å²) in [5.41, 5.74) is 0.714. The van der Waals surface area contributed by atoms with Crippen LogP contribution in [0.1, 0.15) is 38.6 Å². The third-order valence-electron chi connectivity index (χ3n) is 4.84. The number of hydrogen-bond donors (Lipinski definition) is 0. The highest BCUT2D eigenvalue weighted by atomic mass is 79.9. The van der Waals surface area contributed by atoms with Crippen LogP contribution >= 0.6 is 27.5 Å². The molecule has 0 unspecified atom stereocenters. The molecule has 0 radical (unpaired) electrons. The first-order chi connectivity index (χ1) is 16.3. The first-order valence-corrected chi connectivity index (χ1v) is 11.9. The molecular formula is C24H25BrClN3O5. The lowest BCUT2D eigenvalue weighted by Crippen LogP contribution is -2.26. The van der Waals surface area contributed by atoms with Crippen LogP contribution in [0.3, 0.4) is 0 Å². The SMILES string of the molecule is CCCc1nc2ccc(Br)cc2c(=O)n1N=Cc1cc(Cl)cc(OC)c1O[C@H](C)C(=O)OCC. The van der Waals surface area contributed by atoms with Gasteiger partial charge in [-0.05, 0) is 44.5 Å². The Bertz CT molecular complexity index is 1290. The van der Waals surface area contributed by atoms with Crippen LogP contribution in [0.4, 0.5) is 0 Å². The number of hydrogen-bond acceptors (Lipinski definition) is 7. The minimum atomic E-state index is -0.903. The molecule has 2 aromatic carbocycles. The maximum Gasteiger partial charge on any atom is 0.347 e. The molecule has 0 aliphatic heterocycles. The number of fused-ring (bicyclic) bond motifs is 1. The van der Waals surface area contributed by atoms with Crippen LogP contribution < -0.4 is 15.0 Å². The van der Waals surface area contributed by atoms with Gasteiger partial charge in [-0.1, -0.05) is 34.5 Å². The van der Waals surface area contributed by atoms with E-state index in [1.807, 2.05) is 13.0 Å². The van der Waals surface area contributed by atoms with E-state index in [2.05, 4.69) is 26.0 Å². The molecule has 0 N–H and O–H groups in total. The number of aryl methyl sites for hydroxylation is 1. The fourth-order valence-corrected chi connectivity index (χ4v) is 3.84. The highest BCUT2D eigenvalue weighted by molar-refractivity contribution is 9.10. The van der Waals surface area contributed by atoms with Crippen LogP contribution in [0.5, 0.6) is 11.5 Å². The number of halogens is 2. The summed E-state index contributed by atoms with van der Waals surface area (Å²) in [7, 11) is 1.46. The van der Waals surface area contributed by atoms with Crippen LogP contribution in [-0.4, -0.2) is 41.7 Å². The molecule has 1 heterocycles. The molecule has 0 aliphatic carbocycles. The van der Waals surface area contributed by atoms with Gasteiger partial charge in [-0.15, -0.1) is 0 Å². The van der Waals surface area contributed by atoms with Gasteiger partial charge in [-0.2, -0.15) is 9.78 Å². The van der Waals surface area contributed by atoms with Crippen molar-refractivity contribution in [3.8, 4) is 11.5 Å². The molecule has 34 heavy (non-hydrogen) atoms. The maximum atomic E-state index is 13.3. The number of carbonyl (C=O) groups excluding carboxylic acids is 1.